The first kappa shape index (κ1) is 33.6. The van der Waals surface area contributed by atoms with Crippen LogP contribution in [-0.2, 0) is 5.41 Å². The van der Waals surface area contributed by atoms with Gasteiger partial charge < -0.3 is 4.42 Å². The van der Waals surface area contributed by atoms with Gasteiger partial charge in [-0.2, -0.15) is 0 Å². The first-order valence-electron chi connectivity index (χ1n) is 20.2. The Labute approximate surface area is 341 Å². The lowest BCUT2D eigenvalue weighted by Crippen LogP contribution is -2.14. The summed E-state index contributed by atoms with van der Waals surface area (Å²) in [5.41, 5.74) is 17.5. The van der Waals surface area contributed by atoms with Gasteiger partial charge >= 0.3 is 0 Å². The van der Waals surface area contributed by atoms with Crippen LogP contribution in [0.2, 0.25) is 0 Å². The summed E-state index contributed by atoms with van der Waals surface area (Å²) >= 11 is 0. The molecule has 59 heavy (non-hydrogen) atoms. The monoisotopic (exact) mass is 755 g/mol. The fourth-order valence-electron chi connectivity index (χ4n) is 9.61. The first-order chi connectivity index (χ1) is 29.0. The second kappa shape index (κ2) is 12.7. The molecule has 0 fully saturated rings. The van der Waals surface area contributed by atoms with Crippen LogP contribution in [0, 0.1) is 0 Å². The molecule has 0 bridgehead atoms. The van der Waals surface area contributed by atoms with Gasteiger partial charge in [0.15, 0.2) is 5.82 Å². The number of para-hydroxylation sites is 3. The van der Waals surface area contributed by atoms with Crippen molar-refractivity contribution in [3.05, 3.63) is 199 Å². The van der Waals surface area contributed by atoms with Gasteiger partial charge in [0.1, 0.15) is 16.8 Å². The van der Waals surface area contributed by atoms with Crippen molar-refractivity contribution in [2.24, 2.45) is 0 Å². The largest absolute Gasteiger partial charge is 0.455 e. The Morgan fingerprint density at radius 2 is 1.12 bits per heavy atom. The van der Waals surface area contributed by atoms with Crippen LogP contribution in [0.4, 0.5) is 0 Å². The van der Waals surface area contributed by atoms with Crippen molar-refractivity contribution in [3.8, 4) is 61.7 Å². The van der Waals surface area contributed by atoms with Crippen molar-refractivity contribution in [1.29, 1.82) is 0 Å². The summed E-state index contributed by atoms with van der Waals surface area (Å²) in [5.74, 6) is 0.671. The number of furan rings is 1. The zero-order chi connectivity index (χ0) is 39.2. The standard InChI is InChI=1S/C55H37N3O/c1-55(2)45-24-11-9-20-43(45)49-39(21-14-25-46(49)55)37-31-32-47-44(33-37)50-51(35-15-5-3-6-16-35)56-53(57-54(50)58(47)38-17-7-4-8-18-38)36-29-27-34(28-30-36)40-22-13-23-42-41-19-10-12-26-48(41)59-52(40)42/h3-33H,1-2H3. The number of fused-ring (bicyclic) bond motifs is 9. The minimum Gasteiger partial charge on any atom is -0.455 e. The summed E-state index contributed by atoms with van der Waals surface area (Å²) in [6.45, 7) is 4.68. The van der Waals surface area contributed by atoms with Crippen molar-refractivity contribution >= 4 is 43.9 Å². The Bertz CT molecular complexity index is 3450. The molecule has 4 nitrogen and oxygen atoms in total. The maximum atomic E-state index is 6.41. The Morgan fingerprint density at radius 1 is 0.475 bits per heavy atom. The van der Waals surface area contributed by atoms with Crippen molar-refractivity contribution in [2.45, 2.75) is 19.3 Å². The van der Waals surface area contributed by atoms with Gasteiger partial charge in [0, 0.05) is 44.0 Å². The molecular weight excluding hydrogens is 719 g/mol. The lowest BCUT2D eigenvalue weighted by Gasteiger charge is -2.21. The van der Waals surface area contributed by atoms with Crippen LogP contribution < -0.4 is 0 Å². The number of hydrogen-bond donors (Lipinski definition) is 0. The van der Waals surface area contributed by atoms with Crippen LogP contribution in [0.1, 0.15) is 25.0 Å². The third-order valence-electron chi connectivity index (χ3n) is 12.4. The summed E-state index contributed by atoms with van der Waals surface area (Å²) in [6.07, 6.45) is 0. The molecule has 0 aliphatic heterocycles. The van der Waals surface area contributed by atoms with E-state index in [0.717, 1.165) is 77.5 Å². The molecule has 0 N–H and O–H groups in total. The average molecular weight is 756 g/mol. The van der Waals surface area contributed by atoms with E-state index >= 15 is 0 Å². The summed E-state index contributed by atoms with van der Waals surface area (Å²) in [7, 11) is 0. The Balaban J connectivity index is 1.08. The molecule has 278 valence electrons. The quantitative estimate of drug-likeness (QED) is 0.176. The van der Waals surface area contributed by atoms with E-state index in [4.69, 9.17) is 14.4 Å². The van der Waals surface area contributed by atoms with Crippen molar-refractivity contribution < 1.29 is 4.42 Å². The lowest BCUT2D eigenvalue weighted by molar-refractivity contribution is 0.660. The van der Waals surface area contributed by atoms with Gasteiger partial charge in [-0.3, -0.25) is 4.57 Å². The van der Waals surface area contributed by atoms with Crippen molar-refractivity contribution in [1.82, 2.24) is 14.5 Å². The highest BCUT2D eigenvalue weighted by atomic mass is 16.3. The molecule has 4 heteroatoms. The number of hydrogen-bond acceptors (Lipinski definition) is 3. The zero-order valence-electron chi connectivity index (χ0n) is 32.6. The number of nitrogens with zero attached hydrogens (tertiary/aromatic N) is 3. The molecule has 0 saturated carbocycles. The highest BCUT2D eigenvalue weighted by Gasteiger charge is 2.36. The maximum Gasteiger partial charge on any atom is 0.162 e. The number of rotatable bonds is 5. The molecule has 0 radical (unpaired) electrons. The van der Waals surface area contributed by atoms with Gasteiger partial charge in [-0.15, -0.1) is 0 Å². The summed E-state index contributed by atoms with van der Waals surface area (Å²) in [6, 6.07) is 66.9. The van der Waals surface area contributed by atoms with E-state index in [-0.39, 0.29) is 5.41 Å². The second-order valence-electron chi connectivity index (χ2n) is 16.1. The van der Waals surface area contributed by atoms with Gasteiger partial charge in [-0.25, -0.2) is 9.97 Å². The van der Waals surface area contributed by atoms with E-state index in [0.29, 0.717) is 5.82 Å². The highest BCUT2D eigenvalue weighted by Crippen LogP contribution is 2.52. The maximum absolute atomic E-state index is 6.41. The molecule has 11 aromatic rings. The molecule has 12 rings (SSSR count). The molecule has 0 amide bonds. The number of benzene rings is 8. The van der Waals surface area contributed by atoms with Crippen LogP contribution in [0.3, 0.4) is 0 Å². The van der Waals surface area contributed by atoms with E-state index < -0.39 is 0 Å². The molecule has 0 unspecified atom stereocenters. The van der Waals surface area contributed by atoms with Crippen LogP contribution in [0.15, 0.2) is 192 Å². The fraction of sp³-hybridized carbons (Fsp3) is 0.0545. The van der Waals surface area contributed by atoms with Gasteiger partial charge in [0.2, 0.25) is 0 Å². The minimum atomic E-state index is -0.0843. The van der Waals surface area contributed by atoms with Gasteiger partial charge in [-0.05, 0) is 69.3 Å². The highest BCUT2D eigenvalue weighted by molar-refractivity contribution is 6.15. The smallest absolute Gasteiger partial charge is 0.162 e. The number of aromatic nitrogens is 3. The Morgan fingerprint density at radius 3 is 1.97 bits per heavy atom. The van der Waals surface area contributed by atoms with Crippen LogP contribution in [-0.4, -0.2) is 14.5 Å². The molecule has 0 saturated heterocycles. The Kier molecular flexibility index (Phi) is 7.24. The van der Waals surface area contributed by atoms with Crippen LogP contribution in [0.25, 0.3) is 106 Å². The van der Waals surface area contributed by atoms with E-state index in [1.807, 2.05) is 12.1 Å². The predicted molar refractivity (Wildman–Crippen MR) is 243 cm³/mol. The molecule has 3 aromatic heterocycles. The van der Waals surface area contributed by atoms with E-state index in [1.165, 1.54) is 33.4 Å². The third-order valence-corrected chi connectivity index (χ3v) is 12.4. The van der Waals surface area contributed by atoms with Crippen molar-refractivity contribution in [3.63, 3.8) is 0 Å². The van der Waals surface area contributed by atoms with E-state index in [9.17, 15) is 0 Å². The van der Waals surface area contributed by atoms with Crippen LogP contribution in [0.5, 0.6) is 0 Å². The summed E-state index contributed by atoms with van der Waals surface area (Å²) in [4.78, 5) is 10.9. The van der Waals surface area contributed by atoms with Crippen molar-refractivity contribution in [2.75, 3.05) is 0 Å². The van der Waals surface area contributed by atoms with E-state index in [2.05, 4.69) is 194 Å². The van der Waals surface area contributed by atoms with Gasteiger partial charge in [0.05, 0.1) is 16.6 Å². The Hall–Kier alpha value is -7.56. The fourth-order valence-corrected chi connectivity index (χ4v) is 9.61. The topological polar surface area (TPSA) is 43.9 Å². The average Bonchev–Trinajstić information content (AvgIpc) is 3.92. The zero-order valence-corrected chi connectivity index (χ0v) is 32.6. The van der Waals surface area contributed by atoms with Gasteiger partial charge in [0.25, 0.3) is 0 Å². The molecular formula is C55H37N3O. The molecule has 3 heterocycles. The molecule has 1 aliphatic carbocycles. The first-order valence-corrected chi connectivity index (χ1v) is 20.2. The SMILES string of the molecule is CC1(C)c2ccccc2-c2c(-c3ccc4c(c3)c3c(-c5ccccc5)nc(-c5ccc(-c6cccc7c6oc6ccccc67)cc5)nc3n4-c3ccccc3)cccc21. The van der Waals surface area contributed by atoms with Crippen LogP contribution >= 0.6 is 0 Å². The molecule has 0 atom stereocenters. The lowest BCUT2D eigenvalue weighted by atomic mass is 9.82. The summed E-state index contributed by atoms with van der Waals surface area (Å²) in [5, 5.41) is 4.39. The molecule has 0 spiro atoms. The van der Waals surface area contributed by atoms with E-state index in [1.54, 1.807) is 0 Å². The predicted octanol–water partition coefficient (Wildman–Crippen LogP) is 14.4. The minimum absolute atomic E-state index is 0.0843. The molecule has 1 aliphatic rings. The third kappa shape index (κ3) is 5.03. The van der Waals surface area contributed by atoms with Gasteiger partial charge in [-0.1, -0.05) is 172 Å². The summed E-state index contributed by atoms with van der Waals surface area (Å²) < 4.78 is 8.71. The molecule has 8 aromatic carbocycles. The normalized spacial score (nSPS) is 13.1. The second-order valence-corrected chi connectivity index (χ2v) is 16.1.